The zero-order chi connectivity index (χ0) is 25.8. The Morgan fingerprint density at radius 3 is 2.15 bits per heavy atom. The van der Waals surface area contributed by atoms with E-state index in [4.69, 9.17) is 13.3 Å². The molecule has 0 saturated heterocycles. The van der Waals surface area contributed by atoms with Crippen molar-refractivity contribution in [3.05, 3.63) is 103 Å². The van der Waals surface area contributed by atoms with Crippen LogP contribution >= 0.6 is 0 Å². The number of benzene rings is 6. The van der Waals surface area contributed by atoms with Gasteiger partial charge in [-0.3, -0.25) is 0 Å². The molecule has 0 aliphatic carbocycles. The van der Waals surface area contributed by atoms with Gasteiger partial charge in [0.1, 0.15) is 29.4 Å². The third kappa shape index (κ3) is 2.70. The van der Waals surface area contributed by atoms with Crippen LogP contribution in [0.15, 0.2) is 110 Å². The first kappa shape index (κ1) is 20.9. The van der Waals surface area contributed by atoms with Gasteiger partial charge in [-0.1, -0.05) is 66.7 Å². The lowest BCUT2D eigenvalue weighted by atomic mass is 10.0. The van der Waals surface area contributed by atoms with Crippen LogP contribution in [0, 0.1) is 6.92 Å². The first-order valence-corrected chi connectivity index (χ1v) is 13.2. The molecule has 0 fully saturated rings. The Kier molecular flexibility index (Phi) is 3.90. The van der Waals surface area contributed by atoms with Gasteiger partial charge in [-0.15, -0.1) is 0 Å². The molecule has 39 heavy (non-hydrogen) atoms. The number of aromatic nitrogens is 1. The molecule has 9 rings (SSSR count). The molecule has 9 aromatic rings. The van der Waals surface area contributed by atoms with E-state index >= 15 is 0 Å². The Morgan fingerprint density at radius 1 is 0.538 bits per heavy atom. The van der Waals surface area contributed by atoms with Crippen molar-refractivity contribution in [3.63, 3.8) is 0 Å². The van der Waals surface area contributed by atoms with E-state index < -0.39 is 0 Å². The molecule has 0 saturated carbocycles. The molecule has 0 atom stereocenters. The highest BCUT2D eigenvalue weighted by Crippen LogP contribution is 2.42. The third-order valence-electron chi connectivity index (χ3n) is 8.25. The summed E-state index contributed by atoms with van der Waals surface area (Å²) in [5.74, 6) is 0.763. The summed E-state index contributed by atoms with van der Waals surface area (Å²) in [6, 6.07) is 33.8. The minimum Gasteiger partial charge on any atom is -0.456 e. The Labute approximate surface area is 222 Å². The minimum absolute atomic E-state index is 0.763. The van der Waals surface area contributed by atoms with Crippen LogP contribution in [0.1, 0.15) is 5.56 Å². The molecule has 3 aromatic heterocycles. The molecule has 0 aliphatic rings. The van der Waals surface area contributed by atoms with Gasteiger partial charge in [-0.05, 0) is 52.9 Å². The van der Waals surface area contributed by atoms with Crippen LogP contribution in [0.2, 0.25) is 0 Å². The molecule has 3 heterocycles. The number of aryl methyl sites for hydroxylation is 2. The summed E-state index contributed by atoms with van der Waals surface area (Å²) in [6.45, 7) is 2.11. The van der Waals surface area contributed by atoms with Crippen LogP contribution < -0.4 is 4.57 Å². The maximum Gasteiger partial charge on any atom is 0.385 e. The van der Waals surface area contributed by atoms with Gasteiger partial charge in [0.25, 0.3) is 5.52 Å². The molecule has 0 spiro atoms. The van der Waals surface area contributed by atoms with Gasteiger partial charge < -0.3 is 13.3 Å². The van der Waals surface area contributed by atoms with Gasteiger partial charge in [0.2, 0.25) is 5.58 Å². The van der Waals surface area contributed by atoms with Gasteiger partial charge in [-0.2, -0.15) is 4.57 Å². The minimum atomic E-state index is 0.763. The van der Waals surface area contributed by atoms with Gasteiger partial charge in [0, 0.05) is 27.6 Å². The second-order valence-corrected chi connectivity index (χ2v) is 10.5. The van der Waals surface area contributed by atoms with Crippen LogP contribution in [0.3, 0.4) is 0 Å². The Bertz CT molecular complexity index is 2470. The zero-order valence-electron chi connectivity index (χ0n) is 21.4. The highest BCUT2D eigenvalue weighted by atomic mass is 16.4. The van der Waals surface area contributed by atoms with Gasteiger partial charge in [-0.25, -0.2) is 0 Å². The van der Waals surface area contributed by atoms with E-state index in [2.05, 4.69) is 110 Å². The third-order valence-corrected chi connectivity index (χ3v) is 8.25. The van der Waals surface area contributed by atoms with Crippen molar-refractivity contribution in [2.45, 2.75) is 6.92 Å². The number of hydrogen-bond donors (Lipinski definition) is 0. The molecule has 0 aliphatic heterocycles. The van der Waals surface area contributed by atoms with Gasteiger partial charge in [0.05, 0.1) is 5.39 Å². The Balaban J connectivity index is 1.39. The standard InChI is InChI=1S/C35H22NO3/c1-19-11-13-25-24-14-12-20-7-5-6-10-23(20)32(24)38-33(25)30(19)35-36(2)27-15-16-28-31(34(27)39-35)26-17-21-8-3-4-9-22(21)18-29(26)37-28/h3-18H,1-2H3/q+1. The maximum absolute atomic E-state index is 6.79. The number of fused-ring (bicyclic) bond motifs is 11. The van der Waals surface area contributed by atoms with Crippen molar-refractivity contribution in [1.82, 2.24) is 0 Å². The predicted molar refractivity (Wildman–Crippen MR) is 157 cm³/mol. The number of furan rings is 2. The molecular formula is C35H22NO3+. The Hall–Kier alpha value is -5.09. The summed E-state index contributed by atoms with van der Waals surface area (Å²) < 4.78 is 21.9. The fourth-order valence-electron chi connectivity index (χ4n) is 6.30. The predicted octanol–water partition coefficient (Wildman–Crippen LogP) is 9.34. The summed E-state index contributed by atoms with van der Waals surface area (Å²) in [5.41, 5.74) is 7.32. The molecule has 0 amide bonds. The van der Waals surface area contributed by atoms with Crippen molar-refractivity contribution >= 4 is 76.5 Å². The molecular weight excluding hydrogens is 482 g/mol. The van der Waals surface area contributed by atoms with Gasteiger partial charge >= 0.3 is 5.89 Å². The molecule has 4 heteroatoms. The smallest absolute Gasteiger partial charge is 0.385 e. The zero-order valence-corrected chi connectivity index (χ0v) is 21.4. The van der Waals surface area contributed by atoms with Crippen LogP contribution in [0.5, 0.6) is 0 Å². The molecule has 184 valence electrons. The lowest BCUT2D eigenvalue weighted by Crippen LogP contribution is -2.28. The first-order chi connectivity index (χ1) is 19.2. The van der Waals surface area contributed by atoms with Crippen LogP contribution in [-0.2, 0) is 7.05 Å². The van der Waals surface area contributed by atoms with Gasteiger partial charge in [0.15, 0.2) is 5.58 Å². The summed E-state index contributed by atoms with van der Waals surface area (Å²) in [4.78, 5) is 0. The fourth-order valence-corrected chi connectivity index (χ4v) is 6.30. The number of nitrogens with zero attached hydrogens (tertiary/aromatic N) is 1. The largest absolute Gasteiger partial charge is 0.456 e. The molecule has 0 N–H and O–H groups in total. The lowest BCUT2D eigenvalue weighted by Gasteiger charge is -2.00. The van der Waals surface area contributed by atoms with Crippen LogP contribution in [0.4, 0.5) is 0 Å². The van der Waals surface area contributed by atoms with Crippen molar-refractivity contribution in [3.8, 4) is 11.5 Å². The second-order valence-electron chi connectivity index (χ2n) is 10.5. The Morgan fingerprint density at radius 2 is 1.28 bits per heavy atom. The average molecular weight is 505 g/mol. The number of rotatable bonds is 1. The molecule has 0 unspecified atom stereocenters. The number of oxazole rings is 1. The summed E-state index contributed by atoms with van der Waals surface area (Å²) in [5, 5.41) is 8.86. The first-order valence-electron chi connectivity index (χ1n) is 13.2. The van der Waals surface area contributed by atoms with Crippen molar-refractivity contribution in [2.75, 3.05) is 0 Å². The van der Waals surface area contributed by atoms with E-state index in [1.807, 2.05) is 6.07 Å². The van der Waals surface area contributed by atoms with Crippen molar-refractivity contribution < 1.29 is 17.8 Å². The quantitative estimate of drug-likeness (QED) is 0.209. The van der Waals surface area contributed by atoms with E-state index in [9.17, 15) is 0 Å². The topological polar surface area (TPSA) is 43.3 Å². The van der Waals surface area contributed by atoms with E-state index in [1.165, 1.54) is 10.8 Å². The summed E-state index contributed by atoms with van der Waals surface area (Å²) in [7, 11) is 2.06. The normalized spacial score (nSPS) is 12.4. The molecule has 0 radical (unpaired) electrons. The van der Waals surface area contributed by atoms with E-state index in [0.717, 1.165) is 82.8 Å². The lowest BCUT2D eigenvalue weighted by molar-refractivity contribution is -0.637. The monoisotopic (exact) mass is 504 g/mol. The molecule has 0 bridgehead atoms. The van der Waals surface area contributed by atoms with Crippen LogP contribution in [0.25, 0.3) is 88.0 Å². The molecule has 6 aromatic carbocycles. The van der Waals surface area contributed by atoms with E-state index in [-0.39, 0.29) is 0 Å². The average Bonchev–Trinajstić information content (AvgIpc) is 3.62. The molecule has 4 nitrogen and oxygen atoms in total. The fraction of sp³-hybridized carbons (Fsp3) is 0.0571. The van der Waals surface area contributed by atoms with E-state index in [0.29, 0.717) is 0 Å². The van der Waals surface area contributed by atoms with E-state index in [1.54, 1.807) is 0 Å². The summed E-state index contributed by atoms with van der Waals surface area (Å²) in [6.07, 6.45) is 0. The SMILES string of the molecule is Cc1ccc2c(oc3c4ccccc4ccc23)c1-c1oc2c3c(ccc2[n+]1C)oc1cc2ccccc2cc13. The highest BCUT2D eigenvalue weighted by Gasteiger charge is 2.29. The second kappa shape index (κ2) is 7.27. The highest BCUT2D eigenvalue weighted by molar-refractivity contribution is 6.19. The van der Waals surface area contributed by atoms with Crippen LogP contribution in [-0.4, -0.2) is 0 Å². The maximum atomic E-state index is 6.79. The number of hydrogen-bond acceptors (Lipinski definition) is 3. The summed E-state index contributed by atoms with van der Waals surface area (Å²) >= 11 is 0. The van der Waals surface area contributed by atoms with Crippen molar-refractivity contribution in [1.29, 1.82) is 0 Å². The van der Waals surface area contributed by atoms with Crippen molar-refractivity contribution in [2.24, 2.45) is 7.05 Å².